The Morgan fingerprint density at radius 2 is 1.96 bits per heavy atom. The number of rotatable bonds is 5. The highest BCUT2D eigenvalue weighted by Crippen LogP contribution is 2.29. The minimum atomic E-state index is -1.86. The lowest BCUT2D eigenvalue weighted by atomic mass is 10.2. The highest BCUT2D eigenvalue weighted by Gasteiger charge is 2.35. The summed E-state index contributed by atoms with van der Waals surface area (Å²) in [5.41, 5.74) is 0.342. The Morgan fingerprint density at radius 3 is 2.58 bits per heavy atom. The highest BCUT2D eigenvalue weighted by atomic mass is 35.6. The van der Waals surface area contributed by atoms with Crippen molar-refractivity contribution in [3.63, 3.8) is 0 Å². The van der Waals surface area contributed by atoms with Crippen LogP contribution in [0.3, 0.4) is 0 Å². The molecule has 0 saturated carbocycles. The molecule has 1 unspecified atom stereocenters. The van der Waals surface area contributed by atoms with E-state index < -0.39 is 15.9 Å². The predicted molar refractivity (Wildman–Crippen MR) is 108 cm³/mol. The van der Waals surface area contributed by atoms with Gasteiger partial charge >= 0.3 is 0 Å². The number of aromatic nitrogens is 1. The molecule has 1 atom stereocenters. The van der Waals surface area contributed by atoms with Crippen molar-refractivity contribution in [2.45, 2.75) is 9.96 Å². The summed E-state index contributed by atoms with van der Waals surface area (Å²) in [7, 11) is 1.50. The quantitative estimate of drug-likeness (QED) is 0.381. The number of ether oxygens (including phenoxy) is 1. The van der Waals surface area contributed by atoms with Crippen LogP contribution >= 0.6 is 47.0 Å². The number of benzene rings is 1. The van der Waals surface area contributed by atoms with E-state index in [0.29, 0.717) is 17.1 Å². The molecule has 10 heteroatoms. The molecule has 0 aliphatic heterocycles. The molecule has 3 N–H and O–H groups in total. The van der Waals surface area contributed by atoms with Crippen LogP contribution in [-0.4, -0.2) is 33.1 Å². The van der Waals surface area contributed by atoms with Gasteiger partial charge in [-0.1, -0.05) is 46.9 Å². The normalized spacial score (nSPS) is 12.0. The number of thiocarbonyl (C=S) groups is 1. The first-order valence-electron chi connectivity index (χ1n) is 7.30. The third-order valence-corrected chi connectivity index (χ3v) is 3.99. The first-order valence-corrected chi connectivity index (χ1v) is 8.84. The van der Waals surface area contributed by atoms with Crippen molar-refractivity contribution >= 4 is 63.9 Å². The van der Waals surface area contributed by atoms with E-state index in [1.54, 1.807) is 48.7 Å². The van der Waals surface area contributed by atoms with Crippen LogP contribution in [0.1, 0.15) is 10.4 Å². The molecule has 1 heterocycles. The zero-order chi connectivity index (χ0) is 19.2. The summed E-state index contributed by atoms with van der Waals surface area (Å²) in [6.07, 6.45) is 0.511. The van der Waals surface area contributed by atoms with E-state index >= 15 is 0 Å². The van der Waals surface area contributed by atoms with Gasteiger partial charge in [-0.2, -0.15) is 0 Å². The molecule has 1 amide bonds. The number of carbonyl (C=O) groups is 1. The van der Waals surface area contributed by atoms with E-state index in [1.165, 1.54) is 7.11 Å². The molecule has 0 saturated heterocycles. The molecule has 0 spiro atoms. The first-order chi connectivity index (χ1) is 12.3. The van der Waals surface area contributed by atoms with Gasteiger partial charge < -0.3 is 20.7 Å². The van der Waals surface area contributed by atoms with E-state index in [2.05, 4.69) is 20.9 Å². The minimum absolute atomic E-state index is 0.131. The van der Waals surface area contributed by atoms with Crippen molar-refractivity contribution in [1.82, 2.24) is 15.6 Å². The number of anilines is 1. The Hall–Kier alpha value is -1.80. The number of pyridine rings is 1. The van der Waals surface area contributed by atoms with Gasteiger partial charge in [-0.25, -0.2) is 4.98 Å². The van der Waals surface area contributed by atoms with Crippen LogP contribution < -0.4 is 20.7 Å². The van der Waals surface area contributed by atoms with Gasteiger partial charge in [0.05, 0.1) is 7.11 Å². The maximum absolute atomic E-state index is 12.5. The largest absolute Gasteiger partial charge is 0.497 e. The second-order valence-corrected chi connectivity index (χ2v) is 7.77. The number of nitrogens with zero attached hydrogens (tertiary/aromatic N) is 1. The maximum Gasteiger partial charge on any atom is 0.253 e. The van der Waals surface area contributed by atoms with E-state index in [-0.39, 0.29) is 5.11 Å². The number of carbonyl (C=O) groups excluding carboxylic acids is 1. The standard InChI is InChI=1S/C16H15Cl3N4O2S/c1-25-11-6-4-5-10(9-11)13(24)22-14(16(17,18)19)23-15(26)21-12-7-2-3-8-20-12/h2-9,14H,1H3,(H,22,24)(H2,20,21,23,26). The average molecular weight is 434 g/mol. The molecule has 2 rings (SSSR count). The fourth-order valence-corrected chi connectivity index (χ4v) is 2.45. The number of methoxy groups -OCH3 is 1. The van der Waals surface area contributed by atoms with Gasteiger partial charge in [0.1, 0.15) is 17.7 Å². The number of nitrogens with one attached hydrogen (secondary N) is 3. The van der Waals surface area contributed by atoms with Gasteiger partial charge in [-0.05, 0) is 42.5 Å². The van der Waals surface area contributed by atoms with Crippen LogP contribution in [0.15, 0.2) is 48.7 Å². The van der Waals surface area contributed by atoms with E-state index in [1.807, 2.05) is 0 Å². The van der Waals surface area contributed by atoms with E-state index in [0.717, 1.165) is 0 Å². The molecule has 6 nitrogen and oxygen atoms in total. The molecule has 0 fully saturated rings. The van der Waals surface area contributed by atoms with Crippen molar-refractivity contribution in [3.05, 3.63) is 54.2 Å². The second kappa shape index (κ2) is 9.23. The van der Waals surface area contributed by atoms with Crippen LogP contribution in [0, 0.1) is 0 Å². The van der Waals surface area contributed by atoms with Gasteiger partial charge in [0.25, 0.3) is 5.91 Å². The van der Waals surface area contributed by atoms with Gasteiger partial charge in [0, 0.05) is 11.8 Å². The monoisotopic (exact) mass is 432 g/mol. The predicted octanol–water partition coefficient (Wildman–Crippen LogP) is 3.50. The van der Waals surface area contributed by atoms with Crippen molar-refractivity contribution in [2.24, 2.45) is 0 Å². The number of hydrogen-bond donors (Lipinski definition) is 3. The lowest BCUT2D eigenvalue weighted by Gasteiger charge is -2.27. The average Bonchev–Trinajstić information content (AvgIpc) is 2.61. The summed E-state index contributed by atoms with van der Waals surface area (Å²) in [6, 6.07) is 11.8. The Morgan fingerprint density at radius 1 is 1.19 bits per heavy atom. The number of halogens is 3. The van der Waals surface area contributed by atoms with Crippen molar-refractivity contribution in [3.8, 4) is 5.75 Å². The number of amides is 1. The summed E-state index contributed by atoms with van der Waals surface area (Å²) in [4.78, 5) is 16.5. The second-order valence-electron chi connectivity index (χ2n) is 4.99. The zero-order valence-electron chi connectivity index (χ0n) is 13.5. The smallest absolute Gasteiger partial charge is 0.253 e. The molecule has 1 aromatic heterocycles. The Kier molecular flexibility index (Phi) is 7.28. The highest BCUT2D eigenvalue weighted by molar-refractivity contribution is 7.80. The van der Waals surface area contributed by atoms with Crippen LogP contribution in [0.5, 0.6) is 5.75 Å². The third kappa shape index (κ3) is 6.17. The van der Waals surface area contributed by atoms with Crippen LogP contribution in [0.4, 0.5) is 5.82 Å². The van der Waals surface area contributed by atoms with Crippen molar-refractivity contribution in [2.75, 3.05) is 12.4 Å². The summed E-state index contributed by atoms with van der Waals surface area (Å²) in [6.45, 7) is 0. The maximum atomic E-state index is 12.5. The van der Waals surface area contributed by atoms with Gasteiger partial charge in [-0.15, -0.1) is 0 Å². The Balaban J connectivity index is 2.07. The first kappa shape index (κ1) is 20.5. The fourth-order valence-electron chi connectivity index (χ4n) is 1.90. The van der Waals surface area contributed by atoms with E-state index in [4.69, 9.17) is 51.8 Å². The molecular weight excluding hydrogens is 419 g/mol. The molecule has 0 aliphatic rings. The van der Waals surface area contributed by atoms with Crippen molar-refractivity contribution in [1.29, 1.82) is 0 Å². The van der Waals surface area contributed by atoms with E-state index in [9.17, 15) is 4.79 Å². The zero-order valence-corrected chi connectivity index (χ0v) is 16.6. The number of alkyl halides is 3. The molecule has 0 aliphatic carbocycles. The summed E-state index contributed by atoms with van der Waals surface area (Å²) < 4.78 is 3.24. The minimum Gasteiger partial charge on any atom is -0.497 e. The SMILES string of the molecule is COc1cccc(C(=O)NC(NC(=S)Nc2ccccn2)C(Cl)(Cl)Cl)c1. The fraction of sp³-hybridized carbons (Fsp3) is 0.188. The number of hydrogen-bond acceptors (Lipinski definition) is 4. The van der Waals surface area contributed by atoms with Gasteiger partial charge in [0.15, 0.2) is 5.11 Å². The molecule has 0 radical (unpaired) electrons. The molecular formula is C16H15Cl3N4O2S. The third-order valence-electron chi connectivity index (χ3n) is 3.12. The van der Waals surface area contributed by atoms with Crippen molar-refractivity contribution < 1.29 is 9.53 Å². The summed E-state index contributed by atoms with van der Waals surface area (Å²) in [5, 5.41) is 8.32. The molecule has 1 aromatic carbocycles. The summed E-state index contributed by atoms with van der Waals surface area (Å²) >= 11 is 23.1. The van der Waals surface area contributed by atoms with Crippen LogP contribution in [0.2, 0.25) is 0 Å². The van der Waals surface area contributed by atoms with Crippen LogP contribution in [0.25, 0.3) is 0 Å². The molecule has 138 valence electrons. The summed E-state index contributed by atoms with van der Waals surface area (Å²) in [5.74, 6) is 0.573. The van der Waals surface area contributed by atoms with Gasteiger partial charge in [0.2, 0.25) is 3.79 Å². The lowest BCUT2D eigenvalue weighted by Crippen LogP contribution is -2.56. The van der Waals surface area contributed by atoms with Crippen LogP contribution in [-0.2, 0) is 0 Å². The topological polar surface area (TPSA) is 75.3 Å². The van der Waals surface area contributed by atoms with Gasteiger partial charge in [-0.3, -0.25) is 4.79 Å². The molecule has 2 aromatic rings. The molecule has 26 heavy (non-hydrogen) atoms. The Labute approximate surface area is 171 Å². The Bertz CT molecular complexity index is 772. The molecule has 0 bridgehead atoms. The lowest BCUT2D eigenvalue weighted by molar-refractivity contribution is 0.0934.